The summed E-state index contributed by atoms with van der Waals surface area (Å²) < 4.78 is 8.16. The summed E-state index contributed by atoms with van der Waals surface area (Å²) in [5.41, 5.74) is 4.01. The lowest BCUT2D eigenvalue weighted by molar-refractivity contribution is -0.113. The molecule has 0 radical (unpaired) electrons. The molecule has 0 unspecified atom stereocenters. The van der Waals surface area contributed by atoms with Crippen LogP contribution in [0.25, 0.3) is 6.08 Å². The molecule has 2 aromatic carbocycles. The number of carbonyl (C=O) groups is 1. The van der Waals surface area contributed by atoms with Gasteiger partial charge in [-0.15, -0.1) is 0 Å². The molecule has 1 fully saturated rings. The number of methoxy groups -OCH3 is 1. The van der Waals surface area contributed by atoms with Crippen molar-refractivity contribution in [2.75, 3.05) is 12.0 Å². The monoisotopic (exact) mass is 607 g/mol. The molecule has 0 atom stereocenters. The summed E-state index contributed by atoms with van der Waals surface area (Å²) in [6.07, 6.45) is 1.86. The average Bonchev–Trinajstić information content (AvgIpc) is 2.84. The number of thiocarbonyl (C=S) groups is 1. The Labute approximate surface area is 189 Å². The zero-order valence-electron chi connectivity index (χ0n) is 14.3. The molecule has 2 aromatic rings. The smallest absolute Gasteiger partial charge is 0.270 e. The van der Waals surface area contributed by atoms with Crippen LogP contribution in [0.2, 0.25) is 0 Å². The molecule has 1 amide bonds. The molecule has 0 bridgehead atoms. The van der Waals surface area contributed by atoms with E-state index in [2.05, 4.69) is 45.2 Å². The van der Waals surface area contributed by atoms with Crippen LogP contribution in [0.4, 0.5) is 5.69 Å². The van der Waals surface area contributed by atoms with Gasteiger partial charge in [0.1, 0.15) is 5.75 Å². The number of benzene rings is 2. The van der Waals surface area contributed by atoms with E-state index in [-0.39, 0.29) is 5.91 Å². The van der Waals surface area contributed by atoms with E-state index < -0.39 is 0 Å². The predicted octanol–water partition coefficient (Wildman–Crippen LogP) is 5.93. The van der Waals surface area contributed by atoms with E-state index in [1.54, 1.807) is 12.0 Å². The number of halogens is 2. The van der Waals surface area contributed by atoms with Crippen LogP contribution in [0.3, 0.4) is 0 Å². The Morgan fingerprint density at radius 3 is 2.54 bits per heavy atom. The summed E-state index contributed by atoms with van der Waals surface area (Å²) >= 11 is 11.3. The largest absolute Gasteiger partial charge is 0.495 e. The van der Waals surface area contributed by atoms with E-state index in [4.69, 9.17) is 17.0 Å². The van der Waals surface area contributed by atoms with Crippen molar-refractivity contribution >= 4 is 91.2 Å². The molecule has 1 aliphatic heterocycles. The van der Waals surface area contributed by atoms with Crippen LogP contribution in [-0.4, -0.2) is 17.3 Å². The number of rotatable bonds is 3. The number of aryl methyl sites for hydroxylation is 2. The van der Waals surface area contributed by atoms with E-state index >= 15 is 0 Å². The quantitative estimate of drug-likeness (QED) is 0.246. The normalized spacial score (nSPS) is 15.9. The minimum atomic E-state index is -0.0980. The van der Waals surface area contributed by atoms with Gasteiger partial charge in [0.05, 0.1) is 21.3 Å². The predicted molar refractivity (Wildman–Crippen MR) is 130 cm³/mol. The molecule has 0 aliphatic carbocycles. The van der Waals surface area contributed by atoms with Crippen LogP contribution >= 0.6 is 69.2 Å². The van der Waals surface area contributed by atoms with Gasteiger partial charge in [-0.3, -0.25) is 9.69 Å². The van der Waals surface area contributed by atoms with Crippen molar-refractivity contribution in [1.82, 2.24) is 0 Å². The Balaban J connectivity index is 2.01. The lowest BCUT2D eigenvalue weighted by Crippen LogP contribution is -2.27. The molecule has 1 heterocycles. The standard InChI is InChI=1S/C19H15I2NO2S2/c1-10-4-5-14(6-11(10)2)22-18(23)16(26-19(22)25)8-12-7-13(20)9-15(21)17(12)24-3/h4-9H,1-3H3/b16-8+. The maximum Gasteiger partial charge on any atom is 0.270 e. The number of ether oxygens (including phenoxy) is 1. The van der Waals surface area contributed by atoms with Gasteiger partial charge in [0.15, 0.2) is 4.32 Å². The van der Waals surface area contributed by atoms with E-state index in [0.29, 0.717) is 9.23 Å². The summed E-state index contributed by atoms with van der Waals surface area (Å²) in [5.74, 6) is 0.668. The summed E-state index contributed by atoms with van der Waals surface area (Å²) in [6.45, 7) is 4.08. The summed E-state index contributed by atoms with van der Waals surface area (Å²) in [5, 5.41) is 0. The van der Waals surface area contributed by atoms with Crippen molar-refractivity contribution in [2.45, 2.75) is 13.8 Å². The van der Waals surface area contributed by atoms with Gasteiger partial charge in [-0.2, -0.15) is 0 Å². The number of hydrogen-bond donors (Lipinski definition) is 0. The van der Waals surface area contributed by atoms with Crippen LogP contribution in [0.1, 0.15) is 16.7 Å². The first-order valence-corrected chi connectivity index (χ1v) is 11.1. The zero-order valence-corrected chi connectivity index (χ0v) is 20.2. The third-order valence-electron chi connectivity index (χ3n) is 4.07. The second kappa shape index (κ2) is 8.15. The first kappa shape index (κ1) is 20.1. The first-order valence-electron chi connectivity index (χ1n) is 7.70. The van der Waals surface area contributed by atoms with Gasteiger partial charge in [0.25, 0.3) is 5.91 Å². The van der Waals surface area contributed by atoms with Gasteiger partial charge in [-0.05, 0) is 100 Å². The van der Waals surface area contributed by atoms with Gasteiger partial charge >= 0.3 is 0 Å². The van der Waals surface area contributed by atoms with Gasteiger partial charge in [-0.25, -0.2) is 0 Å². The Morgan fingerprint density at radius 1 is 1.15 bits per heavy atom. The van der Waals surface area contributed by atoms with Crippen molar-refractivity contribution < 1.29 is 9.53 Å². The summed E-state index contributed by atoms with van der Waals surface area (Å²) in [4.78, 5) is 15.2. The number of nitrogens with zero attached hydrogens (tertiary/aromatic N) is 1. The molecule has 0 N–H and O–H groups in total. The second-order valence-corrected chi connectivity index (χ2v) is 9.88. The molecular weight excluding hydrogens is 592 g/mol. The molecule has 0 saturated carbocycles. The van der Waals surface area contributed by atoms with Crippen molar-refractivity contribution in [3.8, 4) is 5.75 Å². The van der Waals surface area contributed by atoms with Crippen molar-refractivity contribution in [3.05, 3.63) is 59.1 Å². The fourth-order valence-corrected chi connectivity index (χ4v) is 6.00. The molecule has 26 heavy (non-hydrogen) atoms. The maximum absolute atomic E-state index is 13.0. The van der Waals surface area contributed by atoms with Crippen LogP contribution < -0.4 is 9.64 Å². The second-order valence-electron chi connectivity index (χ2n) is 5.80. The molecular formula is C19H15I2NO2S2. The van der Waals surface area contributed by atoms with Gasteiger partial charge in [-0.1, -0.05) is 30.0 Å². The Bertz CT molecular complexity index is 957. The lowest BCUT2D eigenvalue weighted by atomic mass is 10.1. The van der Waals surface area contributed by atoms with Crippen molar-refractivity contribution in [1.29, 1.82) is 0 Å². The van der Waals surface area contributed by atoms with E-state index in [9.17, 15) is 4.79 Å². The number of carbonyl (C=O) groups excluding carboxylic acids is 1. The number of amides is 1. The number of hydrogen-bond acceptors (Lipinski definition) is 4. The molecule has 3 rings (SSSR count). The van der Waals surface area contributed by atoms with Gasteiger partial charge < -0.3 is 4.74 Å². The number of thioether (sulfide) groups is 1. The molecule has 0 spiro atoms. The van der Waals surface area contributed by atoms with Crippen LogP contribution in [0, 0.1) is 21.0 Å². The molecule has 1 aliphatic rings. The van der Waals surface area contributed by atoms with Crippen molar-refractivity contribution in [2.24, 2.45) is 0 Å². The third kappa shape index (κ3) is 3.95. The summed E-state index contributed by atoms with van der Waals surface area (Å²) in [6, 6.07) is 9.99. The summed E-state index contributed by atoms with van der Waals surface area (Å²) in [7, 11) is 1.64. The SMILES string of the molecule is COc1c(I)cc(I)cc1/C=C1/SC(=S)N(c2ccc(C)c(C)c2)C1=O. The van der Waals surface area contributed by atoms with Gasteiger partial charge in [0.2, 0.25) is 0 Å². The maximum atomic E-state index is 13.0. The highest BCUT2D eigenvalue weighted by atomic mass is 127. The topological polar surface area (TPSA) is 29.5 Å². The number of anilines is 1. The fourth-order valence-electron chi connectivity index (χ4n) is 2.60. The van der Waals surface area contributed by atoms with E-state index in [1.165, 1.54) is 17.3 Å². The van der Waals surface area contributed by atoms with Gasteiger partial charge in [0, 0.05) is 9.13 Å². The highest BCUT2D eigenvalue weighted by molar-refractivity contribution is 14.1. The lowest BCUT2D eigenvalue weighted by Gasteiger charge is -2.16. The Morgan fingerprint density at radius 2 is 1.88 bits per heavy atom. The molecule has 7 heteroatoms. The van der Waals surface area contributed by atoms with E-state index in [0.717, 1.165) is 29.7 Å². The van der Waals surface area contributed by atoms with Crippen LogP contribution in [0.15, 0.2) is 35.2 Å². The molecule has 3 nitrogen and oxygen atoms in total. The Hall–Kier alpha value is -0.650. The minimum absolute atomic E-state index is 0.0980. The molecule has 1 saturated heterocycles. The first-order chi connectivity index (χ1) is 12.3. The highest BCUT2D eigenvalue weighted by Crippen LogP contribution is 2.38. The molecule has 134 valence electrons. The minimum Gasteiger partial charge on any atom is -0.495 e. The van der Waals surface area contributed by atoms with E-state index in [1.807, 2.05) is 50.3 Å². The van der Waals surface area contributed by atoms with Crippen molar-refractivity contribution in [3.63, 3.8) is 0 Å². The molecule has 0 aromatic heterocycles. The zero-order chi connectivity index (χ0) is 19.0. The fraction of sp³-hybridized carbons (Fsp3) is 0.158. The van der Waals surface area contributed by atoms with Crippen LogP contribution in [-0.2, 0) is 4.79 Å². The highest BCUT2D eigenvalue weighted by Gasteiger charge is 2.33. The average molecular weight is 607 g/mol. The van der Waals surface area contributed by atoms with Crippen LogP contribution in [0.5, 0.6) is 5.75 Å². The third-order valence-corrected chi connectivity index (χ3v) is 6.80. The Kier molecular flexibility index (Phi) is 6.30.